The van der Waals surface area contributed by atoms with E-state index in [-0.39, 0.29) is 5.82 Å². The van der Waals surface area contributed by atoms with Gasteiger partial charge in [0.1, 0.15) is 5.82 Å². The van der Waals surface area contributed by atoms with Gasteiger partial charge in [-0.2, -0.15) is 0 Å². The third-order valence-electron chi connectivity index (χ3n) is 2.70. The van der Waals surface area contributed by atoms with E-state index in [1.807, 2.05) is 26.0 Å². The molecule has 0 spiro atoms. The smallest absolute Gasteiger partial charge is 0.128 e. The van der Waals surface area contributed by atoms with Gasteiger partial charge in [-0.25, -0.2) is 4.39 Å². The molecule has 0 fully saturated rings. The van der Waals surface area contributed by atoms with E-state index in [2.05, 4.69) is 16.7 Å². The third-order valence-corrected chi connectivity index (χ3v) is 2.70. The first-order valence-corrected chi connectivity index (χ1v) is 5.04. The maximum Gasteiger partial charge on any atom is 0.128 e. The molecule has 0 saturated heterocycles. The predicted octanol–water partition coefficient (Wildman–Crippen LogP) is 3.29. The molecule has 1 heterocycles. The van der Waals surface area contributed by atoms with Crippen LogP contribution >= 0.6 is 0 Å². The maximum absolute atomic E-state index is 13.4. The fourth-order valence-corrected chi connectivity index (χ4v) is 1.75. The summed E-state index contributed by atoms with van der Waals surface area (Å²) in [5.74, 6) is -0.134. The summed E-state index contributed by atoms with van der Waals surface area (Å²) >= 11 is 0. The van der Waals surface area contributed by atoms with Crippen molar-refractivity contribution >= 4 is 0 Å². The molecular formula is C13H14FN. The van der Waals surface area contributed by atoms with Crippen molar-refractivity contribution in [2.75, 3.05) is 0 Å². The van der Waals surface area contributed by atoms with Gasteiger partial charge in [0.25, 0.3) is 0 Å². The third kappa shape index (κ3) is 1.94. The van der Waals surface area contributed by atoms with Gasteiger partial charge in [0, 0.05) is 17.0 Å². The summed E-state index contributed by atoms with van der Waals surface area (Å²) in [5.41, 5.74) is 3.06. The summed E-state index contributed by atoms with van der Waals surface area (Å²) < 4.78 is 15.5. The van der Waals surface area contributed by atoms with Gasteiger partial charge in [0.05, 0.1) is 6.54 Å². The lowest BCUT2D eigenvalue weighted by Gasteiger charge is -2.09. The SMILES string of the molecule is Cc1ccc(C)n1Cc1ccccc1F. The molecule has 0 saturated carbocycles. The Hall–Kier alpha value is -1.57. The minimum atomic E-state index is -0.134. The zero-order chi connectivity index (χ0) is 10.8. The largest absolute Gasteiger partial charge is 0.345 e. The summed E-state index contributed by atoms with van der Waals surface area (Å²) in [7, 11) is 0. The minimum Gasteiger partial charge on any atom is -0.345 e. The number of hydrogen-bond acceptors (Lipinski definition) is 0. The standard InChI is InChI=1S/C13H14FN/c1-10-7-8-11(2)15(10)9-12-5-3-4-6-13(12)14/h3-8H,9H2,1-2H3. The molecule has 0 amide bonds. The normalized spacial score (nSPS) is 10.6. The highest BCUT2D eigenvalue weighted by molar-refractivity contribution is 5.21. The van der Waals surface area contributed by atoms with Crippen LogP contribution < -0.4 is 0 Å². The zero-order valence-corrected chi connectivity index (χ0v) is 9.00. The molecular weight excluding hydrogens is 189 g/mol. The highest BCUT2D eigenvalue weighted by atomic mass is 19.1. The Balaban J connectivity index is 2.34. The van der Waals surface area contributed by atoms with Crippen LogP contribution in [0.1, 0.15) is 17.0 Å². The van der Waals surface area contributed by atoms with Crippen molar-refractivity contribution in [1.82, 2.24) is 4.57 Å². The lowest BCUT2D eigenvalue weighted by Crippen LogP contribution is -2.05. The van der Waals surface area contributed by atoms with E-state index in [4.69, 9.17) is 0 Å². The van der Waals surface area contributed by atoms with Crippen LogP contribution in [0.25, 0.3) is 0 Å². The van der Waals surface area contributed by atoms with Crippen LogP contribution in [0, 0.1) is 19.7 Å². The molecule has 1 aromatic heterocycles. The average Bonchev–Trinajstić information content (AvgIpc) is 2.53. The van der Waals surface area contributed by atoms with Crippen molar-refractivity contribution in [2.24, 2.45) is 0 Å². The highest BCUT2D eigenvalue weighted by Crippen LogP contribution is 2.13. The van der Waals surface area contributed by atoms with Crippen molar-refractivity contribution in [2.45, 2.75) is 20.4 Å². The van der Waals surface area contributed by atoms with Gasteiger partial charge in [0.2, 0.25) is 0 Å². The van der Waals surface area contributed by atoms with Gasteiger partial charge in [-0.1, -0.05) is 18.2 Å². The predicted molar refractivity (Wildman–Crippen MR) is 59.4 cm³/mol. The molecule has 0 N–H and O–H groups in total. The van der Waals surface area contributed by atoms with E-state index < -0.39 is 0 Å². The molecule has 0 atom stereocenters. The van der Waals surface area contributed by atoms with E-state index in [9.17, 15) is 4.39 Å². The fourth-order valence-electron chi connectivity index (χ4n) is 1.75. The Bertz CT molecular complexity index is 452. The van der Waals surface area contributed by atoms with Crippen molar-refractivity contribution in [3.8, 4) is 0 Å². The Morgan fingerprint density at radius 3 is 2.20 bits per heavy atom. The van der Waals surface area contributed by atoms with Crippen molar-refractivity contribution < 1.29 is 4.39 Å². The Kier molecular flexibility index (Phi) is 2.58. The van der Waals surface area contributed by atoms with E-state index >= 15 is 0 Å². The first-order chi connectivity index (χ1) is 7.18. The van der Waals surface area contributed by atoms with Crippen LogP contribution in [0.3, 0.4) is 0 Å². The molecule has 78 valence electrons. The van der Waals surface area contributed by atoms with Crippen LogP contribution in [0.2, 0.25) is 0 Å². The highest BCUT2D eigenvalue weighted by Gasteiger charge is 2.05. The summed E-state index contributed by atoms with van der Waals surface area (Å²) in [6.45, 7) is 4.68. The van der Waals surface area contributed by atoms with Crippen molar-refractivity contribution in [3.63, 3.8) is 0 Å². The average molecular weight is 203 g/mol. The van der Waals surface area contributed by atoms with E-state index in [1.54, 1.807) is 6.07 Å². The van der Waals surface area contributed by atoms with E-state index in [0.717, 1.165) is 17.0 Å². The van der Waals surface area contributed by atoms with Gasteiger partial charge < -0.3 is 4.57 Å². The summed E-state index contributed by atoms with van der Waals surface area (Å²) in [6.07, 6.45) is 0. The molecule has 0 aliphatic rings. The van der Waals surface area contributed by atoms with Crippen LogP contribution in [0.4, 0.5) is 4.39 Å². The van der Waals surface area contributed by atoms with Gasteiger partial charge in [0.15, 0.2) is 0 Å². The molecule has 2 aromatic rings. The zero-order valence-electron chi connectivity index (χ0n) is 9.00. The first kappa shape index (κ1) is 9.97. The summed E-state index contributed by atoms with van der Waals surface area (Å²) in [5, 5.41) is 0. The molecule has 1 aromatic carbocycles. The molecule has 0 aliphatic carbocycles. The minimum absolute atomic E-state index is 0.134. The second kappa shape index (κ2) is 3.89. The fraction of sp³-hybridized carbons (Fsp3) is 0.231. The number of hydrogen-bond donors (Lipinski definition) is 0. The number of rotatable bonds is 2. The Labute approximate surface area is 89.2 Å². The number of aromatic nitrogens is 1. The molecule has 2 heteroatoms. The second-order valence-electron chi connectivity index (χ2n) is 3.79. The molecule has 0 unspecified atom stereocenters. The van der Waals surface area contributed by atoms with Crippen LogP contribution in [-0.4, -0.2) is 4.57 Å². The topological polar surface area (TPSA) is 4.93 Å². The van der Waals surface area contributed by atoms with Gasteiger partial charge in [-0.15, -0.1) is 0 Å². The molecule has 1 nitrogen and oxygen atoms in total. The van der Waals surface area contributed by atoms with Crippen molar-refractivity contribution in [3.05, 3.63) is 59.2 Å². The molecule has 0 radical (unpaired) electrons. The first-order valence-electron chi connectivity index (χ1n) is 5.04. The molecule has 2 rings (SSSR count). The number of benzene rings is 1. The van der Waals surface area contributed by atoms with Crippen molar-refractivity contribution in [1.29, 1.82) is 0 Å². The Morgan fingerprint density at radius 1 is 1.00 bits per heavy atom. The van der Waals surface area contributed by atoms with Crippen LogP contribution in [-0.2, 0) is 6.54 Å². The molecule has 0 aliphatic heterocycles. The second-order valence-corrected chi connectivity index (χ2v) is 3.79. The van der Waals surface area contributed by atoms with Crippen LogP contribution in [0.15, 0.2) is 36.4 Å². The van der Waals surface area contributed by atoms with Gasteiger partial charge >= 0.3 is 0 Å². The summed E-state index contributed by atoms with van der Waals surface area (Å²) in [4.78, 5) is 0. The quantitative estimate of drug-likeness (QED) is 0.705. The number of nitrogens with zero attached hydrogens (tertiary/aromatic N) is 1. The number of halogens is 1. The van der Waals surface area contributed by atoms with Crippen LogP contribution in [0.5, 0.6) is 0 Å². The van der Waals surface area contributed by atoms with E-state index in [1.165, 1.54) is 6.07 Å². The monoisotopic (exact) mass is 203 g/mol. The van der Waals surface area contributed by atoms with Gasteiger partial charge in [-0.05, 0) is 32.0 Å². The lowest BCUT2D eigenvalue weighted by molar-refractivity contribution is 0.595. The molecule has 15 heavy (non-hydrogen) atoms. The number of aryl methyl sites for hydroxylation is 2. The van der Waals surface area contributed by atoms with Gasteiger partial charge in [-0.3, -0.25) is 0 Å². The Morgan fingerprint density at radius 2 is 1.60 bits per heavy atom. The van der Waals surface area contributed by atoms with E-state index in [0.29, 0.717) is 6.54 Å². The molecule has 0 bridgehead atoms. The summed E-state index contributed by atoms with van der Waals surface area (Å²) in [6, 6.07) is 11.0. The maximum atomic E-state index is 13.4. The lowest BCUT2D eigenvalue weighted by atomic mass is 10.2.